The van der Waals surface area contributed by atoms with E-state index in [1.165, 1.54) is 6.33 Å². The first-order valence-corrected chi connectivity index (χ1v) is 9.75. The van der Waals surface area contributed by atoms with Crippen molar-refractivity contribution in [1.82, 2.24) is 24.8 Å². The summed E-state index contributed by atoms with van der Waals surface area (Å²) in [5.74, 6) is 0.497. The number of aromatic nitrogens is 4. The predicted octanol–water partition coefficient (Wildman–Crippen LogP) is -0.0214. The van der Waals surface area contributed by atoms with Crippen molar-refractivity contribution in [1.29, 1.82) is 0 Å². The van der Waals surface area contributed by atoms with E-state index in [-0.39, 0.29) is 11.9 Å². The van der Waals surface area contributed by atoms with Crippen molar-refractivity contribution in [2.45, 2.75) is 62.9 Å². The monoisotopic (exact) mass is 390 g/mol. The lowest BCUT2D eigenvalue weighted by atomic mass is 10.1. The molecule has 4 rings (SSSR count). The van der Waals surface area contributed by atoms with Gasteiger partial charge in [-0.2, -0.15) is 0 Å². The minimum Gasteiger partial charge on any atom is -0.388 e. The van der Waals surface area contributed by atoms with Crippen LogP contribution in [-0.4, -0.2) is 73.1 Å². The summed E-state index contributed by atoms with van der Waals surface area (Å²) in [7, 11) is 0. The standard InChI is InChI=1S/C18H26N6O4/c1-2-13(25)23-11-7-12(16(27)15(11)26)24-9-21-14-17(19-8-20-18(14)24)22-10-3-5-28-6-4-10/h8-12,15-16,26-27H,2-7H2,1H3,(H,23,25)(H,19,20,22)/t11-,12+,15+,16-/m0/s1. The van der Waals surface area contributed by atoms with Gasteiger partial charge in [0, 0.05) is 25.7 Å². The zero-order valence-electron chi connectivity index (χ0n) is 15.8. The zero-order chi connectivity index (χ0) is 19.7. The molecular formula is C18H26N6O4. The number of anilines is 1. The fraction of sp³-hybridized carbons (Fsp3) is 0.667. The Labute approximate surface area is 162 Å². The van der Waals surface area contributed by atoms with E-state index in [1.54, 1.807) is 17.8 Å². The van der Waals surface area contributed by atoms with Crippen molar-refractivity contribution >= 4 is 22.9 Å². The Kier molecular flexibility index (Phi) is 5.42. The average molecular weight is 390 g/mol. The summed E-state index contributed by atoms with van der Waals surface area (Å²) in [6.07, 6.45) is 3.53. The van der Waals surface area contributed by atoms with Crippen LogP contribution in [-0.2, 0) is 9.53 Å². The molecule has 10 nitrogen and oxygen atoms in total. The van der Waals surface area contributed by atoms with E-state index in [4.69, 9.17) is 4.74 Å². The molecule has 152 valence electrons. The van der Waals surface area contributed by atoms with E-state index >= 15 is 0 Å². The van der Waals surface area contributed by atoms with Crippen molar-refractivity contribution in [2.75, 3.05) is 18.5 Å². The molecule has 1 aliphatic carbocycles. The maximum absolute atomic E-state index is 11.7. The Hall–Kier alpha value is -2.30. The number of nitrogens with one attached hydrogen (secondary N) is 2. The zero-order valence-corrected chi connectivity index (χ0v) is 15.8. The number of fused-ring (bicyclic) bond motifs is 1. The lowest BCUT2D eigenvalue weighted by Gasteiger charge is -2.23. The van der Waals surface area contributed by atoms with E-state index < -0.39 is 24.3 Å². The van der Waals surface area contributed by atoms with Crippen molar-refractivity contribution < 1.29 is 19.7 Å². The summed E-state index contributed by atoms with van der Waals surface area (Å²) < 4.78 is 7.15. The molecule has 2 aromatic heterocycles. The van der Waals surface area contributed by atoms with Gasteiger partial charge in [-0.3, -0.25) is 4.79 Å². The largest absolute Gasteiger partial charge is 0.388 e. The lowest BCUT2D eigenvalue weighted by molar-refractivity contribution is -0.122. The highest BCUT2D eigenvalue weighted by Gasteiger charge is 2.43. The second kappa shape index (κ2) is 7.98. The summed E-state index contributed by atoms with van der Waals surface area (Å²) in [6, 6.07) is -0.677. The second-order valence-corrected chi connectivity index (χ2v) is 7.39. The first-order valence-electron chi connectivity index (χ1n) is 9.75. The van der Waals surface area contributed by atoms with Crippen molar-refractivity contribution in [3.63, 3.8) is 0 Å². The highest BCUT2D eigenvalue weighted by molar-refractivity contribution is 5.83. The first kappa shape index (κ1) is 19.0. The topological polar surface area (TPSA) is 134 Å². The minimum absolute atomic E-state index is 0.155. The van der Waals surface area contributed by atoms with Gasteiger partial charge in [-0.15, -0.1) is 0 Å². The van der Waals surface area contributed by atoms with Gasteiger partial charge in [0.15, 0.2) is 11.5 Å². The van der Waals surface area contributed by atoms with E-state index in [0.29, 0.717) is 29.8 Å². The molecule has 4 atom stereocenters. The molecule has 1 aliphatic heterocycles. The highest BCUT2D eigenvalue weighted by Crippen LogP contribution is 2.34. The fourth-order valence-corrected chi connectivity index (χ4v) is 3.97. The van der Waals surface area contributed by atoms with E-state index in [9.17, 15) is 15.0 Å². The smallest absolute Gasteiger partial charge is 0.220 e. The Bertz CT molecular complexity index is 837. The maximum atomic E-state index is 11.7. The number of aliphatic hydroxyl groups is 2. The van der Waals surface area contributed by atoms with E-state index in [0.717, 1.165) is 26.1 Å². The number of amides is 1. The van der Waals surface area contributed by atoms with Gasteiger partial charge in [-0.25, -0.2) is 15.0 Å². The average Bonchev–Trinajstić information content (AvgIpc) is 3.26. The minimum atomic E-state index is -1.04. The normalized spacial score (nSPS) is 28.5. The van der Waals surface area contributed by atoms with Crippen molar-refractivity contribution in [3.05, 3.63) is 12.7 Å². The third-order valence-electron chi connectivity index (χ3n) is 5.60. The molecule has 3 heterocycles. The molecule has 10 heteroatoms. The van der Waals surface area contributed by atoms with Crippen LogP contribution in [0, 0.1) is 0 Å². The Morgan fingerprint density at radius 1 is 1.25 bits per heavy atom. The Morgan fingerprint density at radius 2 is 2.04 bits per heavy atom. The molecular weight excluding hydrogens is 364 g/mol. The van der Waals surface area contributed by atoms with E-state index in [1.807, 2.05) is 0 Å². The molecule has 1 saturated carbocycles. The third kappa shape index (κ3) is 3.54. The number of rotatable bonds is 5. The Morgan fingerprint density at radius 3 is 2.79 bits per heavy atom. The second-order valence-electron chi connectivity index (χ2n) is 7.39. The molecule has 2 aliphatic rings. The summed E-state index contributed by atoms with van der Waals surface area (Å²) >= 11 is 0. The summed E-state index contributed by atoms with van der Waals surface area (Å²) in [5.41, 5.74) is 1.21. The Balaban J connectivity index is 1.57. The van der Waals surface area contributed by atoms with Crippen molar-refractivity contribution in [3.8, 4) is 0 Å². The van der Waals surface area contributed by atoms with Crippen LogP contribution in [0.3, 0.4) is 0 Å². The maximum Gasteiger partial charge on any atom is 0.220 e. The number of imidazole rings is 1. The molecule has 0 aromatic carbocycles. The number of ether oxygens (including phenoxy) is 1. The number of hydrogen-bond acceptors (Lipinski definition) is 8. The molecule has 2 aromatic rings. The molecule has 0 radical (unpaired) electrons. The van der Waals surface area contributed by atoms with Gasteiger partial charge in [0.05, 0.1) is 18.4 Å². The van der Waals surface area contributed by atoms with Crippen molar-refractivity contribution in [2.24, 2.45) is 0 Å². The third-order valence-corrected chi connectivity index (χ3v) is 5.60. The summed E-state index contributed by atoms with van der Waals surface area (Å²) in [4.78, 5) is 24.8. The molecule has 1 amide bonds. The number of carbonyl (C=O) groups is 1. The van der Waals surface area contributed by atoms with Gasteiger partial charge in [0.2, 0.25) is 5.91 Å². The summed E-state index contributed by atoms with van der Waals surface area (Å²) in [6.45, 7) is 3.19. The number of aliphatic hydroxyl groups excluding tert-OH is 2. The molecule has 2 fully saturated rings. The van der Waals surface area contributed by atoms with Gasteiger partial charge in [-0.05, 0) is 19.3 Å². The number of carbonyl (C=O) groups excluding carboxylic acids is 1. The molecule has 1 saturated heterocycles. The summed E-state index contributed by atoms with van der Waals surface area (Å²) in [5, 5.41) is 27.1. The molecule has 28 heavy (non-hydrogen) atoms. The van der Waals surface area contributed by atoms with Crippen LogP contribution in [0.15, 0.2) is 12.7 Å². The predicted molar refractivity (Wildman–Crippen MR) is 101 cm³/mol. The van der Waals surface area contributed by atoms with Gasteiger partial charge in [0.25, 0.3) is 0 Å². The van der Waals surface area contributed by atoms with Crippen LogP contribution in [0.5, 0.6) is 0 Å². The molecule has 0 unspecified atom stereocenters. The van der Waals surface area contributed by atoms with Crippen LogP contribution >= 0.6 is 0 Å². The van der Waals surface area contributed by atoms with Gasteiger partial charge in [0.1, 0.15) is 24.1 Å². The van der Waals surface area contributed by atoms with Crippen LogP contribution in [0.2, 0.25) is 0 Å². The van der Waals surface area contributed by atoms with Gasteiger partial charge >= 0.3 is 0 Å². The quantitative estimate of drug-likeness (QED) is 0.559. The van der Waals surface area contributed by atoms with Gasteiger partial charge in [-0.1, -0.05) is 6.92 Å². The van der Waals surface area contributed by atoms with Crippen LogP contribution in [0.1, 0.15) is 38.6 Å². The SMILES string of the molecule is CCC(=O)N[C@H]1C[C@@H](n2cnc3c(NC4CCOCC4)ncnc32)[C@H](O)[C@@H]1O. The molecule has 4 N–H and O–H groups in total. The number of hydrogen-bond donors (Lipinski definition) is 4. The first-order chi connectivity index (χ1) is 13.6. The van der Waals surface area contributed by atoms with Crippen LogP contribution < -0.4 is 10.6 Å². The molecule has 0 spiro atoms. The lowest BCUT2D eigenvalue weighted by Crippen LogP contribution is -2.42. The molecule has 0 bridgehead atoms. The van der Waals surface area contributed by atoms with Gasteiger partial charge < -0.3 is 30.2 Å². The number of nitrogens with zero attached hydrogens (tertiary/aromatic N) is 4. The highest BCUT2D eigenvalue weighted by atomic mass is 16.5. The fourth-order valence-electron chi connectivity index (χ4n) is 3.97. The van der Waals surface area contributed by atoms with Crippen LogP contribution in [0.25, 0.3) is 11.2 Å². The van der Waals surface area contributed by atoms with E-state index in [2.05, 4.69) is 25.6 Å². The van der Waals surface area contributed by atoms with Crippen LogP contribution in [0.4, 0.5) is 5.82 Å².